The van der Waals surface area contributed by atoms with E-state index in [-0.39, 0.29) is 42.4 Å². The lowest BCUT2D eigenvalue weighted by molar-refractivity contribution is -0.151. The van der Waals surface area contributed by atoms with Gasteiger partial charge in [0.25, 0.3) is 0 Å². The van der Waals surface area contributed by atoms with Gasteiger partial charge in [0.2, 0.25) is 15.9 Å². The second-order valence-electron chi connectivity index (χ2n) is 13.2. The molecule has 1 fully saturated rings. The van der Waals surface area contributed by atoms with Crippen molar-refractivity contribution in [3.8, 4) is 5.88 Å². The van der Waals surface area contributed by atoms with Crippen molar-refractivity contribution in [2.75, 3.05) is 26.9 Å². The molecule has 1 spiro atoms. The normalized spacial score (nSPS) is 18.0. The smallest absolute Gasteiger partial charge is 0.312 e. The number of sulfonamides is 1. The minimum Gasteiger partial charge on any atom is -0.469 e. The molecule has 0 saturated carbocycles. The number of benzene rings is 1. The fourth-order valence-corrected chi connectivity index (χ4v) is 8.62. The number of carbonyl (C=O) groups is 1. The van der Waals surface area contributed by atoms with E-state index in [2.05, 4.69) is 15.2 Å². The van der Waals surface area contributed by atoms with E-state index in [1.807, 2.05) is 69.5 Å². The van der Waals surface area contributed by atoms with Gasteiger partial charge < -0.3 is 14.2 Å². The number of carbonyl (C=O) groups excluding carboxylic acids is 1. The van der Waals surface area contributed by atoms with Gasteiger partial charge in [-0.25, -0.2) is 13.4 Å². The summed E-state index contributed by atoms with van der Waals surface area (Å²) in [6.45, 7) is 12.4. The molecule has 5 heterocycles. The van der Waals surface area contributed by atoms with Gasteiger partial charge in [-0.1, -0.05) is 37.2 Å². The average molecular weight is 698 g/mol. The Hall–Kier alpha value is -3.58. The topological polar surface area (TPSA) is 125 Å². The van der Waals surface area contributed by atoms with Crippen LogP contribution in [0.4, 0.5) is 0 Å². The number of ether oxygens (including phenoxy) is 3. The lowest BCUT2D eigenvalue weighted by atomic mass is 9.70. The van der Waals surface area contributed by atoms with E-state index in [4.69, 9.17) is 25.8 Å². The summed E-state index contributed by atoms with van der Waals surface area (Å²) >= 11 is 6.35. The van der Waals surface area contributed by atoms with Crippen LogP contribution in [0.2, 0.25) is 5.15 Å². The predicted octanol–water partition coefficient (Wildman–Crippen LogP) is 6.11. The van der Waals surface area contributed by atoms with Crippen molar-refractivity contribution in [1.82, 2.24) is 23.9 Å². The number of aryl methyl sites for hydroxylation is 4. The molecule has 48 heavy (non-hydrogen) atoms. The highest BCUT2D eigenvalue weighted by Gasteiger charge is 2.46. The van der Waals surface area contributed by atoms with E-state index >= 15 is 0 Å². The van der Waals surface area contributed by atoms with Crippen LogP contribution in [0.3, 0.4) is 0 Å². The summed E-state index contributed by atoms with van der Waals surface area (Å²) in [6, 6.07) is 9.51. The Kier molecular flexibility index (Phi) is 9.70. The zero-order valence-corrected chi connectivity index (χ0v) is 29.3. The quantitative estimate of drug-likeness (QED) is 0.173. The number of hydrogen-bond donors (Lipinski definition) is 0. The SMILES string of the molecule is C.COC(=O)C(C)(C)[C@H](c1ccc(C)c(CN2CC3(CCOCC3)Oc3nc(Cl)c(C)cc3S2(=O)=O)c1)c1ccn2c(C)nnc2c1C. The monoisotopic (exact) mass is 697 g/mol. The Bertz CT molecular complexity index is 1990. The third-order valence-electron chi connectivity index (χ3n) is 9.72. The molecular formula is C35H44ClN5O6S. The molecule has 258 valence electrons. The van der Waals surface area contributed by atoms with Crippen LogP contribution >= 0.6 is 11.6 Å². The Labute approximate surface area is 287 Å². The van der Waals surface area contributed by atoms with Crippen molar-refractivity contribution in [1.29, 1.82) is 0 Å². The number of hydrogen-bond acceptors (Lipinski definition) is 9. The number of aromatic nitrogens is 4. The fraction of sp³-hybridized carbons (Fsp3) is 0.486. The Morgan fingerprint density at radius 2 is 1.79 bits per heavy atom. The van der Waals surface area contributed by atoms with Crippen molar-refractivity contribution >= 4 is 33.2 Å². The standard InChI is InChI=1S/C34H40ClN5O6S.CH4/c1-20-8-9-24(28(33(5,6)32(41)44-7)26-10-13-40-23(4)37-38-30(40)22(26)3)17-25(20)18-39-19-34(11-14-45-15-12-34)46-31-27(47(39,42)43)16-21(2)29(35)36-31;/h8-10,13,16-17,28H,11-12,14-15,18-19H2,1-7H3;1H4/t28-;/m1./s1. The summed E-state index contributed by atoms with van der Waals surface area (Å²) in [4.78, 5) is 17.7. The molecule has 2 aliphatic heterocycles. The number of nitrogens with zero attached hydrogens (tertiary/aromatic N) is 5. The van der Waals surface area contributed by atoms with Crippen LogP contribution in [0, 0.1) is 33.1 Å². The predicted molar refractivity (Wildman–Crippen MR) is 183 cm³/mol. The summed E-state index contributed by atoms with van der Waals surface area (Å²) in [5, 5.41) is 8.84. The van der Waals surface area contributed by atoms with Gasteiger partial charge in [0.1, 0.15) is 21.5 Å². The van der Waals surface area contributed by atoms with E-state index in [1.54, 1.807) is 6.92 Å². The lowest BCUT2D eigenvalue weighted by Gasteiger charge is -2.38. The second kappa shape index (κ2) is 13.0. The first-order chi connectivity index (χ1) is 22.2. The zero-order chi connectivity index (χ0) is 33.9. The van der Waals surface area contributed by atoms with E-state index in [9.17, 15) is 13.2 Å². The van der Waals surface area contributed by atoms with Crippen LogP contribution in [0.1, 0.15) is 79.2 Å². The number of halogens is 1. The summed E-state index contributed by atoms with van der Waals surface area (Å²) in [5.41, 5.74) is 3.79. The third-order valence-corrected chi connectivity index (χ3v) is 11.9. The van der Waals surface area contributed by atoms with Gasteiger partial charge in [0.15, 0.2) is 5.65 Å². The summed E-state index contributed by atoms with van der Waals surface area (Å²) < 4.78 is 49.6. The van der Waals surface area contributed by atoms with Crippen molar-refractivity contribution in [2.24, 2.45) is 5.41 Å². The van der Waals surface area contributed by atoms with Crippen molar-refractivity contribution in [3.05, 3.63) is 80.9 Å². The van der Waals surface area contributed by atoms with Crippen molar-refractivity contribution in [2.45, 2.75) is 84.8 Å². The number of pyridine rings is 2. The van der Waals surface area contributed by atoms with E-state index in [1.165, 1.54) is 17.5 Å². The maximum atomic E-state index is 14.4. The first kappa shape index (κ1) is 35.7. The molecule has 2 aliphatic rings. The summed E-state index contributed by atoms with van der Waals surface area (Å²) in [7, 11) is -2.67. The Morgan fingerprint density at radius 3 is 2.48 bits per heavy atom. The molecule has 4 aromatic rings. The van der Waals surface area contributed by atoms with Gasteiger partial charge in [0, 0.05) is 31.5 Å². The Morgan fingerprint density at radius 1 is 1.08 bits per heavy atom. The zero-order valence-electron chi connectivity index (χ0n) is 27.8. The average Bonchev–Trinajstić information content (AvgIpc) is 3.38. The first-order valence-corrected chi connectivity index (χ1v) is 17.4. The second-order valence-corrected chi connectivity index (χ2v) is 15.5. The number of esters is 1. The van der Waals surface area contributed by atoms with Crippen LogP contribution in [0.5, 0.6) is 5.88 Å². The van der Waals surface area contributed by atoms with Crippen LogP contribution < -0.4 is 4.74 Å². The van der Waals surface area contributed by atoms with Crippen LogP contribution in [-0.2, 0) is 30.8 Å². The number of methoxy groups -OCH3 is 1. The highest BCUT2D eigenvalue weighted by atomic mass is 35.5. The molecule has 13 heteroatoms. The number of fused-ring (bicyclic) bond motifs is 2. The van der Waals surface area contributed by atoms with Gasteiger partial charge in [-0.3, -0.25) is 9.20 Å². The molecule has 0 amide bonds. The molecule has 0 bridgehead atoms. The minimum atomic E-state index is -4.05. The first-order valence-electron chi connectivity index (χ1n) is 15.6. The maximum Gasteiger partial charge on any atom is 0.312 e. The highest BCUT2D eigenvalue weighted by molar-refractivity contribution is 7.89. The van der Waals surface area contributed by atoms with Crippen molar-refractivity contribution in [3.63, 3.8) is 0 Å². The van der Waals surface area contributed by atoms with Gasteiger partial charge in [-0.15, -0.1) is 10.2 Å². The third kappa shape index (κ3) is 6.08. The maximum absolute atomic E-state index is 14.4. The van der Waals surface area contributed by atoms with Gasteiger partial charge in [-0.05, 0) is 87.1 Å². The van der Waals surface area contributed by atoms with Gasteiger partial charge in [0.05, 0.1) is 32.3 Å². The molecule has 1 saturated heterocycles. The molecule has 0 radical (unpaired) electrons. The van der Waals surface area contributed by atoms with Crippen molar-refractivity contribution < 1.29 is 27.4 Å². The van der Waals surface area contributed by atoms with Crippen LogP contribution in [-0.4, -0.2) is 70.7 Å². The molecule has 0 N–H and O–H groups in total. The van der Waals surface area contributed by atoms with E-state index in [0.717, 1.165) is 33.6 Å². The van der Waals surface area contributed by atoms with Crippen LogP contribution in [0.15, 0.2) is 41.4 Å². The minimum absolute atomic E-state index is 0. The number of rotatable bonds is 6. The molecule has 0 unspecified atom stereocenters. The summed E-state index contributed by atoms with van der Waals surface area (Å²) in [5.74, 6) is -0.0366. The highest BCUT2D eigenvalue weighted by Crippen LogP contribution is 2.45. The van der Waals surface area contributed by atoms with Crippen LogP contribution in [0.25, 0.3) is 5.65 Å². The van der Waals surface area contributed by atoms with Gasteiger partial charge >= 0.3 is 5.97 Å². The van der Waals surface area contributed by atoms with Gasteiger partial charge in [-0.2, -0.15) is 4.31 Å². The van der Waals surface area contributed by atoms with E-state index < -0.39 is 27.0 Å². The largest absolute Gasteiger partial charge is 0.469 e. The molecular weight excluding hydrogens is 654 g/mol. The molecule has 11 nitrogen and oxygen atoms in total. The Balaban J connectivity index is 0.00000451. The molecule has 1 atom stereocenters. The molecule has 6 rings (SSSR count). The summed E-state index contributed by atoms with van der Waals surface area (Å²) in [6.07, 6.45) is 2.92. The molecule has 1 aromatic carbocycles. The lowest BCUT2D eigenvalue weighted by Crippen LogP contribution is -2.50. The fourth-order valence-electron chi connectivity index (χ4n) is 6.86. The van der Waals surface area contributed by atoms with E-state index in [0.29, 0.717) is 37.3 Å². The molecule has 0 aliphatic carbocycles. The molecule has 3 aromatic heterocycles.